The maximum absolute atomic E-state index is 10.9. The number of likely N-dealkylation sites (N-methyl/N-ethyl adjacent to an activating group) is 1. The van der Waals surface area contributed by atoms with Crippen LogP contribution in [0.5, 0.6) is 0 Å². The number of rotatable bonds is 18. The lowest BCUT2D eigenvalue weighted by molar-refractivity contribution is -0.109. The third-order valence-electron chi connectivity index (χ3n) is 3.98. The number of aliphatic hydroxyl groups is 4. The van der Waals surface area contributed by atoms with Gasteiger partial charge in [-0.1, -0.05) is 6.92 Å². The fourth-order valence-electron chi connectivity index (χ4n) is 2.49. The standard InChI is InChI=1S/C16H36N4O5/c1-2-18(15-16(24)25)6-7-20(11-14-23)9-8-19(10-13-22)5-3-17-4-12-21/h14,16-17,21-22,24-25H,2-13,15H2,1H3. The summed E-state index contributed by atoms with van der Waals surface area (Å²) in [5, 5.41) is 39.2. The van der Waals surface area contributed by atoms with E-state index in [9.17, 15) is 9.90 Å². The van der Waals surface area contributed by atoms with Crippen molar-refractivity contribution < 1.29 is 25.2 Å². The first kappa shape index (κ1) is 24.4. The molecule has 0 aromatic heterocycles. The highest BCUT2D eigenvalue weighted by atomic mass is 16.5. The van der Waals surface area contributed by atoms with Gasteiger partial charge in [-0.2, -0.15) is 0 Å². The summed E-state index contributed by atoms with van der Waals surface area (Å²) in [7, 11) is 0. The first-order chi connectivity index (χ1) is 12.1. The third kappa shape index (κ3) is 14.2. The van der Waals surface area contributed by atoms with Gasteiger partial charge in [0.1, 0.15) is 6.29 Å². The number of hydrogen-bond acceptors (Lipinski definition) is 9. The van der Waals surface area contributed by atoms with Crippen LogP contribution in [0.2, 0.25) is 0 Å². The average molecular weight is 364 g/mol. The van der Waals surface area contributed by atoms with Gasteiger partial charge in [-0.15, -0.1) is 0 Å². The molecular weight excluding hydrogens is 328 g/mol. The van der Waals surface area contributed by atoms with E-state index in [4.69, 9.17) is 15.3 Å². The molecule has 0 saturated heterocycles. The summed E-state index contributed by atoms with van der Waals surface area (Å²) in [6, 6.07) is 0. The molecule has 0 aliphatic carbocycles. The van der Waals surface area contributed by atoms with Gasteiger partial charge in [0.15, 0.2) is 6.29 Å². The Hall–Kier alpha value is -0.650. The Kier molecular flexibility index (Phi) is 16.4. The van der Waals surface area contributed by atoms with Crippen LogP contribution in [-0.2, 0) is 4.79 Å². The molecule has 0 bridgehead atoms. The van der Waals surface area contributed by atoms with Crippen molar-refractivity contribution >= 4 is 6.29 Å². The lowest BCUT2D eigenvalue weighted by atomic mass is 10.3. The number of aldehydes is 1. The quantitative estimate of drug-likeness (QED) is 0.0984. The molecule has 0 rings (SSSR count). The van der Waals surface area contributed by atoms with Gasteiger partial charge in [0.2, 0.25) is 0 Å². The highest BCUT2D eigenvalue weighted by molar-refractivity contribution is 5.51. The average Bonchev–Trinajstić information content (AvgIpc) is 2.59. The van der Waals surface area contributed by atoms with Crippen LogP contribution in [0.25, 0.3) is 0 Å². The molecule has 0 unspecified atom stereocenters. The topological polar surface area (TPSA) is 120 Å². The van der Waals surface area contributed by atoms with Crippen molar-refractivity contribution in [3.63, 3.8) is 0 Å². The van der Waals surface area contributed by atoms with Gasteiger partial charge in [0.05, 0.1) is 19.8 Å². The Balaban J connectivity index is 4.28. The predicted octanol–water partition coefficient (Wildman–Crippen LogP) is -3.00. The molecule has 0 heterocycles. The van der Waals surface area contributed by atoms with Gasteiger partial charge < -0.3 is 30.5 Å². The van der Waals surface area contributed by atoms with Crippen LogP contribution in [0.15, 0.2) is 0 Å². The Morgan fingerprint density at radius 2 is 1.52 bits per heavy atom. The van der Waals surface area contributed by atoms with Gasteiger partial charge in [0, 0.05) is 58.9 Å². The second kappa shape index (κ2) is 16.8. The van der Waals surface area contributed by atoms with Crippen molar-refractivity contribution in [2.24, 2.45) is 0 Å². The molecule has 9 heteroatoms. The zero-order chi connectivity index (χ0) is 18.9. The Bertz CT molecular complexity index is 310. The van der Waals surface area contributed by atoms with E-state index in [1.165, 1.54) is 0 Å². The SMILES string of the molecule is CCN(CCN(CC=O)CCN(CCO)CCNCCO)CC(O)O. The minimum atomic E-state index is -1.36. The monoisotopic (exact) mass is 364 g/mol. The lowest BCUT2D eigenvalue weighted by Gasteiger charge is -2.28. The lowest BCUT2D eigenvalue weighted by Crippen LogP contribution is -2.43. The van der Waals surface area contributed by atoms with Crippen LogP contribution in [0.3, 0.4) is 0 Å². The smallest absolute Gasteiger partial charge is 0.164 e. The maximum atomic E-state index is 10.9. The number of carbonyl (C=O) groups is 1. The zero-order valence-electron chi connectivity index (χ0n) is 15.4. The van der Waals surface area contributed by atoms with E-state index in [1.54, 1.807) is 0 Å². The van der Waals surface area contributed by atoms with E-state index >= 15 is 0 Å². The van der Waals surface area contributed by atoms with Crippen LogP contribution < -0.4 is 5.32 Å². The van der Waals surface area contributed by atoms with Crippen molar-refractivity contribution in [2.75, 3.05) is 85.2 Å². The molecule has 0 aliphatic heterocycles. The van der Waals surface area contributed by atoms with Crippen LogP contribution in [0.4, 0.5) is 0 Å². The number of carbonyl (C=O) groups excluding carboxylic acids is 1. The molecule has 0 aromatic carbocycles. The summed E-state index contributed by atoms with van der Waals surface area (Å²) in [5.74, 6) is 0. The third-order valence-corrected chi connectivity index (χ3v) is 3.98. The first-order valence-corrected chi connectivity index (χ1v) is 8.96. The van der Waals surface area contributed by atoms with Crippen molar-refractivity contribution in [2.45, 2.75) is 13.2 Å². The summed E-state index contributed by atoms with van der Waals surface area (Å²) in [6.45, 7) is 8.69. The van der Waals surface area contributed by atoms with Crippen molar-refractivity contribution in [1.29, 1.82) is 0 Å². The van der Waals surface area contributed by atoms with Crippen LogP contribution in [0.1, 0.15) is 6.92 Å². The molecule has 0 saturated carbocycles. The molecule has 5 N–H and O–H groups in total. The van der Waals surface area contributed by atoms with Crippen molar-refractivity contribution in [3.8, 4) is 0 Å². The minimum Gasteiger partial charge on any atom is -0.395 e. The van der Waals surface area contributed by atoms with Crippen LogP contribution in [0, 0.1) is 0 Å². The normalized spacial score (nSPS) is 12.0. The second-order valence-electron chi connectivity index (χ2n) is 5.88. The van der Waals surface area contributed by atoms with E-state index in [0.29, 0.717) is 45.8 Å². The first-order valence-electron chi connectivity index (χ1n) is 8.96. The summed E-state index contributed by atoms with van der Waals surface area (Å²) >= 11 is 0. The highest BCUT2D eigenvalue weighted by Crippen LogP contribution is 1.96. The fraction of sp³-hybridized carbons (Fsp3) is 0.938. The molecule has 0 amide bonds. The summed E-state index contributed by atoms with van der Waals surface area (Å²) in [5.41, 5.74) is 0. The molecule has 0 fully saturated rings. The molecule has 0 atom stereocenters. The fourth-order valence-corrected chi connectivity index (χ4v) is 2.49. The van der Waals surface area contributed by atoms with E-state index < -0.39 is 6.29 Å². The molecule has 150 valence electrons. The molecule has 9 nitrogen and oxygen atoms in total. The van der Waals surface area contributed by atoms with Crippen LogP contribution in [-0.4, -0.2) is 133 Å². The number of hydrogen-bond donors (Lipinski definition) is 5. The number of nitrogens with one attached hydrogen (secondary N) is 1. The summed E-state index contributed by atoms with van der Waals surface area (Å²) in [4.78, 5) is 16.9. The van der Waals surface area contributed by atoms with E-state index in [0.717, 1.165) is 25.9 Å². The van der Waals surface area contributed by atoms with Gasteiger partial charge in [0.25, 0.3) is 0 Å². The van der Waals surface area contributed by atoms with E-state index in [-0.39, 0.29) is 19.8 Å². The van der Waals surface area contributed by atoms with Gasteiger partial charge in [-0.25, -0.2) is 0 Å². The van der Waals surface area contributed by atoms with Gasteiger partial charge in [-0.3, -0.25) is 14.7 Å². The van der Waals surface area contributed by atoms with E-state index in [1.807, 2.05) is 16.7 Å². The summed E-state index contributed by atoms with van der Waals surface area (Å²) in [6.07, 6.45) is -0.484. The Labute approximate surface area is 150 Å². The Morgan fingerprint density at radius 1 is 0.880 bits per heavy atom. The predicted molar refractivity (Wildman–Crippen MR) is 96.3 cm³/mol. The molecule has 0 aliphatic rings. The molecular formula is C16H36N4O5. The Morgan fingerprint density at radius 3 is 2.04 bits per heavy atom. The maximum Gasteiger partial charge on any atom is 0.164 e. The molecule has 0 spiro atoms. The zero-order valence-corrected chi connectivity index (χ0v) is 15.4. The van der Waals surface area contributed by atoms with Crippen LogP contribution >= 0.6 is 0 Å². The van der Waals surface area contributed by atoms with Crippen molar-refractivity contribution in [1.82, 2.24) is 20.0 Å². The highest BCUT2D eigenvalue weighted by Gasteiger charge is 2.12. The van der Waals surface area contributed by atoms with Gasteiger partial charge >= 0.3 is 0 Å². The van der Waals surface area contributed by atoms with E-state index in [2.05, 4.69) is 10.2 Å². The molecule has 0 aromatic rings. The number of nitrogens with zero attached hydrogens (tertiary/aromatic N) is 3. The van der Waals surface area contributed by atoms with Gasteiger partial charge in [-0.05, 0) is 6.54 Å². The minimum absolute atomic E-state index is 0.0751. The second-order valence-corrected chi connectivity index (χ2v) is 5.88. The molecule has 0 radical (unpaired) electrons. The van der Waals surface area contributed by atoms with Crippen molar-refractivity contribution in [3.05, 3.63) is 0 Å². The number of aliphatic hydroxyl groups excluding tert-OH is 3. The summed E-state index contributed by atoms with van der Waals surface area (Å²) < 4.78 is 0. The molecule has 25 heavy (non-hydrogen) atoms. The largest absolute Gasteiger partial charge is 0.395 e.